The van der Waals surface area contributed by atoms with Crippen LogP contribution in [-0.2, 0) is 20.9 Å². The maximum absolute atomic E-state index is 11.4. The van der Waals surface area contributed by atoms with Crippen molar-refractivity contribution >= 4 is 17.2 Å². The molecule has 0 spiro atoms. The number of rotatable bonds is 8. The fraction of sp³-hybridized carbons (Fsp3) is 0.385. The Bertz CT molecular complexity index is 524. The number of hydrogen-bond acceptors (Lipinski definition) is 6. The summed E-state index contributed by atoms with van der Waals surface area (Å²) < 4.78 is 15.3. The van der Waals surface area contributed by atoms with Crippen molar-refractivity contribution in [1.29, 1.82) is 0 Å². The molecule has 1 N–H and O–H groups in total. The number of carbonyl (C=O) groups is 1. The third-order valence-electron chi connectivity index (χ3n) is 2.43. The summed E-state index contributed by atoms with van der Waals surface area (Å²) in [6.45, 7) is 1.20. The minimum Gasteiger partial charge on any atom is -0.383 e. The van der Waals surface area contributed by atoms with E-state index in [0.29, 0.717) is 24.6 Å². The predicted octanol–water partition coefficient (Wildman–Crippen LogP) is 1.68. The van der Waals surface area contributed by atoms with Crippen LogP contribution in [0.15, 0.2) is 28.1 Å². The maximum atomic E-state index is 11.4. The first-order valence-corrected chi connectivity index (χ1v) is 7.00. The summed E-state index contributed by atoms with van der Waals surface area (Å²) in [5.74, 6) is 0.534. The van der Waals surface area contributed by atoms with Gasteiger partial charge in [-0.05, 0) is 11.4 Å². The fourth-order valence-corrected chi connectivity index (χ4v) is 2.18. The van der Waals surface area contributed by atoms with Gasteiger partial charge in [0.1, 0.15) is 12.3 Å². The van der Waals surface area contributed by atoms with Gasteiger partial charge in [0.2, 0.25) is 5.91 Å². The maximum Gasteiger partial charge on any atom is 0.246 e. The lowest BCUT2D eigenvalue weighted by Gasteiger charge is -2.04. The van der Waals surface area contributed by atoms with Gasteiger partial charge in [0.05, 0.1) is 18.1 Å². The number of nitrogens with one attached hydrogen (secondary N) is 1. The first kappa shape index (κ1) is 14.7. The molecule has 0 saturated heterocycles. The number of amides is 1. The van der Waals surface area contributed by atoms with Crippen LogP contribution in [0, 0.1) is 0 Å². The van der Waals surface area contributed by atoms with E-state index in [9.17, 15) is 4.79 Å². The van der Waals surface area contributed by atoms with Gasteiger partial charge in [0, 0.05) is 19.7 Å². The number of carbonyl (C=O) groups excluding carboxylic acids is 1. The Morgan fingerprint density at radius 2 is 2.45 bits per heavy atom. The molecule has 7 heteroatoms. The van der Waals surface area contributed by atoms with Crippen LogP contribution in [0.1, 0.15) is 5.69 Å². The molecule has 6 nitrogen and oxygen atoms in total. The average molecular weight is 296 g/mol. The molecule has 0 radical (unpaired) electrons. The van der Waals surface area contributed by atoms with Gasteiger partial charge in [-0.2, -0.15) is 0 Å². The van der Waals surface area contributed by atoms with Crippen molar-refractivity contribution < 1.29 is 18.8 Å². The van der Waals surface area contributed by atoms with Crippen LogP contribution >= 0.6 is 11.3 Å². The first-order chi connectivity index (χ1) is 9.79. The van der Waals surface area contributed by atoms with E-state index in [1.807, 2.05) is 23.6 Å². The molecule has 2 aromatic rings. The van der Waals surface area contributed by atoms with E-state index in [-0.39, 0.29) is 19.1 Å². The van der Waals surface area contributed by atoms with Crippen molar-refractivity contribution in [2.45, 2.75) is 6.61 Å². The van der Waals surface area contributed by atoms with Crippen LogP contribution in [0.5, 0.6) is 0 Å². The van der Waals surface area contributed by atoms with Crippen LogP contribution in [0.25, 0.3) is 10.6 Å². The normalized spacial score (nSPS) is 10.7. The predicted molar refractivity (Wildman–Crippen MR) is 74.4 cm³/mol. The SMILES string of the molecule is COCCNC(=O)COCc1cc(-c2cccs2)on1. The van der Waals surface area contributed by atoms with Gasteiger partial charge in [-0.15, -0.1) is 11.3 Å². The van der Waals surface area contributed by atoms with Gasteiger partial charge in [-0.25, -0.2) is 0 Å². The zero-order chi connectivity index (χ0) is 14.2. The summed E-state index contributed by atoms with van der Waals surface area (Å²) in [7, 11) is 1.58. The van der Waals surface area contributed by atoms with Crippen LogP contribution in [0.3, 0.4) is 0 Å². The molecule has 1 amide bonds. The molecule has 0 unspecified atom stereocenters. The Balaban J connectivity index is 1.71. The molecule has 0 aromatic carbocycles. The van der Waals surface area contributed by atoms with E-state index in [1.54, 1.807) is 18.4 Å². The van der Waals surface area contributed by atoms with Crippen molar-refractivity contribution in [2.75, 3.05) is 26.9 Å². The second-order valence-corrected chi connectivity index (χ2v) is 4.94. The summed E-state index contributed by atoms with van der Waals surface area (Å²) in [5.41, 5.74) is 0.665. The van der Waals surface area contributed by atoms with Crippen molar-refractivity contribution in [3.63, 3.8) is 0 Å². The van der Waals surface area contributed by atoms with Crippen LogP contribution in [0.2, 0.25) is 0 Å². The summed E-state index contributed by atoms with van der Waals surface area (Å²) in [4.78, 5) is 12.4. The minimum absolute atomic E-state index is 0.00902. The Morgan fingerprint density at radius 3 is 3.20 bits per heavy atom. The highest BCUT2D eigenvalue weighted by atomic mass is 32.1. The zero-order valence-electron chi connectivity index (χ0n) is 11.1. The second kappa shape index (κ2) is 7.78. The van der Waals surface area contributed by atoms with Crippen molar-refractivity contribution in [1.82, 2.24) is 10.5 Å². The average Bonchev–Trinajstić information content (AvgIpc) is 3.09. The van der Waals surface area contributed by atoms with Gasteiger partial charge in [0.15, 0.2) is 5.76 Å². The van der Waals surface area contributed by atoms with E-state index in [2.05, 4.69) is 10.5 Å². The molecule has 0 saturated carbocycles. The molecule has 0 fully saturated rings. The van der Waals surface area contributed by atoms with Crippen molar-refractivity contribution in [3.8, 4) is 10.6 Å². The van der Waals surface area contributed by atoms with Gasteiger partial charge in [-0.3, -0.25) is 4.79 Å². The van der Waals surface area contributed by atoms with Crippen LogP contribution in [0.4, 0.5) is 0 Å². The van der Waals surface area contributed by atoms with Gasteiger partial charge in [-0.1, -0.05) is 11.2 Å². The smallest absolute Gasteiger partial charge is 0.246 e. The van der Waals surface area contributed by atoms with E-state index >= 15 is 0 Å². The lowest BCUT2D eigenvalue weighted by atomic mass is 10.3. The molecule has 20 heavy (non-hydrogen) atoms. The summed E-state index contributed by atoms with van der Waals surface area (Å²) in [6, 6.07) is 5.72. The molecular formula is C13H16N2O4S. The highest BCUT2D eigenvalue weighted by Crippen LogP contribution is 2.25. The number of hydrogen-bond donors (Lipinski definition) is 1. The largest absolute Gasteiger partial charge is 0.383 e. The minimum atomic E-state index is -0.177. The number of aromatic nitrogens is 1. The molecule has 2 aromatic heterocycles. The monoisotopic (exact) mass is 296 g/mol. The summed E-state index contributed by atoms with van der Waals surface area (Å²) in [5, 5.41) is 8.54. The molecule has 0 aliphatic rings. The Labute approximate surface area is 120 Å². The van der Waals surface area contributed by atoms with Crippen LogP contribution < -0.4 is 5.32 Å². The number of nitrogens with zero attached hydrogens (tertiary/aromatic N) is 1. The van der Waals surface area contributed by atoms with E-state index in [1.165, 1.54) is 0 Å². The highest BCUT2D eigenvalue weighted by Gasteiger charge is 2.08. The van der Waals surface area contributed by atoms with E-state index in [0.717, 1.165) is 4.88 Å². The molecule has 0 aliphatic heterocycles. The summed E-state index contributed by atoms with van der Waals surface area (Å²) >= 11 is 1.58. The van der Waals surface area contributed by atoms with E-state index < -0.39 is 0 Å². The highest BCUT2D eigenvalue weighted by molar-refractivity contribution is 7.13. The molecule has 2 rings (SSSR count). The Morgan fingerprint density at radius 1 is 1.55 bits per heavy atom. The molecule has 108 valence electrons. The third-order valence-corrected chi connectivity index (χ3v) is 3.32. The molecule has 0 aliphatic carbocycles. The fourth-order valence-electron chi connectivity index (χ4n) is 1.51. The second-order valence-electron chi connectivity index (χ2n) is 4.00. The summed E-state index contributed by atoms with van der Waals surface area (Å²) in [6.07, 6.45) is 0. The molecule has 2 heterocycles. The number of methoxy groups -OCH3 is 1. The quantitative estimate of drug-likeness (QED) is 0.750. The van der Waals surface area contributed by atoms with Crippen molar-refractivity contribution in [2.24, 2.45) is 0 Å². The van der Waals surface area contributed by atoms with E-state index in [4.69, 9.17) is 14.0 Å². The Hall–Kier alpha value is -1.70. The van der Waals surface area contributed by atoms with Gasteiger partial charge < -0.3 is 19.3 Å². The number of thiophene rings is 1. The zero-order valence-corrected chi connectivity index (χ0v) is 11.9. The van der Waals surface area contributed by atoms with Gasteiger partial charge in [0.25, 0.3) is 0 Å². The molecule has 0 bridgehead atoms. The van der Waals surface area contributed by atoms with Crippen molar-refractivity contribution in [3.05, 3.63) is 29.3 Å². The lowest BCUT2D eigenvalue weighted by Crippen LogP contribution is -2.30. The standard InChI is InChI=1S/C13H16N2O4S/c1-17-5-4-14-13(16)9-18-8-10-7-11(19-15-10)12-3-2-6-20-12/h2-3,6-7H,4-5,8-9H2,1H3,(H,14,16). The Kier molecular flexibility index (Phi) is 5.72. The van der Waals surface area contributed by atoms with Crippen LogP contribution in [-0.4, -0.2) is 37.9 Å². The lowest BCUT2D eigenvalue weighted by molar-refractivity contribution is -0.126. The van der Waals surface area contributed by atoms with Gasteiger partial charge >= 0.3 is 0 Å². The first-order valence-electron chi connectivity index (χ1n) is 6.12. The molecule has 0 atom stereocenters. The molecular weight excluding hydrogens is 280 g/mol. The topological polar surface area (TPSA) is 73.6 Å². The number of ether oxygens (including phenoxy) is 2. The third kappa shape index (κ3) is 4.44.